The summed E-state index contributed by atoms with van der Waals surface area (Å²) in [4.78, 5) is 27.5. The maximum Gasteiger partial charge on any atom is 0.226 e. The third kappa shape index (κ3) is 4.93. The SMILES string of the molecule is CCCCN1C(=O)CC(C(=O)NC2CCNC2)C1c1ccc(OC)cc1.Cl. The number of nitrogens with one attached hydrogen (secondary N) is 2. The number of unbranched alkanes of at least 4 members (excludes halogenated alkanes) is 1. The highest BCUT2D eigenvalue weighted by atomic mass is 35.5. The van der Waals surface area contributed by atoms with Crippen molar-refractivity contribution in [2.75, 3.05) is 26.7 Å². The first-order valence-corrected chi connectivity index (χ1v) is 9.58. The Morgan fingerprint density at radius 2 is 2.07 bits per heavy atom. The Morgan fingerprint density at radius 1 is 1.33 bits per heavy atom. The maximum atomic E-state index is 12.9. The predicted molar refractivity (Wildman–Crippen MR) is 107 cm³/mol. The topological polar surface area (TPSA) is 70.7 Å². The number of hydrogen-bond donors (Lipinski definition) is 2. The lowest BCUT2D eigenvalue weighted by Gasteiger charge is -2.29. The Hall–Kier alpha value is -1.79. The molecule has 3 unspecified atom stereocenters. The van der Waals surface area contributed by atoms with Crippen LogP contribution in [-0.2, 0) is 9.59 Å². The number of hydrogen-bond acceptors (Lipinski definition) is 4. The Bertz CT molecular complexity index is 632. The maximum absolute atomic E-state index is 12.9. The van der Waals surface area contributed by atoms with Crippen LogP contribution in [0.15, 0.2) is 24.3 Å². The number of amides is 2. The van der Waals surface area contributed by atoms with Crippen molar-refractivity contribution in [1.82, 2.24) is 15.5 Å². The average molecular weight is 396 g/mol. The lowest BCUT2D eigenvalue weighted by Crippen LogP contribution is -2.42. The van der Waals surface area contributed by atoms with E-state index in [1.807, 2.05) is 29.2 Å². The van der Waals surface area contributed by atoms with Gasteiger partial charge in [-0.15, -0.1) is 12.4 Å². The Morgan fingerprint density at radius 3 is 2.67 bits per heavy atom. The quantitative estimate of drug-likeness (QED) is 0.743. The van der Waals surface area contributed by atoms with Crippen LogP contribution in [-0.4, -0.2) is 49.5 Å². The molecule has 6 nitrogen and oxygen atoms in total. The molecule has 1 aromatic carbocycles. The van der Waals surface area contributed by atoms with E-state index in [2.05, 4.69) is 17.6 Å². The molecule has 2 heterocycles. The van der Waals surface area contributed by atoms with E-state index in [0.717, 1.165) is 43.7 Å². The zero-order chi connectivity index (χ0) is 18.5. The minimum absolute atomic E-state index is 0. The number of methoxy groups -OCH3 is 1. The van der Waals surface area contributed by atoms with Gasteiger partial charge in [-0.2, -0.15) is 0 Å². The summed E-state index contributed by atoms with van der Waals surface area (Å²) in [6.07, 6.45) is 3.19. The number of carbonyl (C=O) groups is 2. The van der Waals surface area contributed by atoms with Gasteiger partial charge in [0.1, 0.15) is 5.75 Å². The van der Waals surface area contributed by atoms with E-state index in [-0.39, 0.29) is 48.6 Å². The third-order valence-electron chi connectivity index (χ3n) is 5.39. The average Bonchev–Trinajstić information content (AvgIpc) is 3.27. The van der Waals surface area contributed by atoms with E-state index in [4.69, 9.17) is 4.74 Å². The molecule has 0 radical (unpaired) electrons. The summed E-state index contributed by atoms with van der Waals surface area (Å²) in [5, 5.41) is 6.40. The van der Waals surface area contributed by atoms with Crippen molar-refractivity contribution in [3.8, 4) is 5.75 Å². The van der Waals surface area contributed by atoms with Crippen LogP contribution in [0.3, 0.4) is 0 Å². The molecule has 27 heavy (non-hydrogen) atoms. The molecular weight excluding hydrogens is 366 g/mol. The second kappa shape index (κ2) is 9.95. The fourth-order valence-electron chi connectivity index (χ4n) is 3.92. The predicted octanol–water partition coefficient (Wildman–Crippen LogP) is 2.28. The number of nitrogens with zero attached hydrogens (tertiary/aromatic N) is 1. The molecule has 2 aliphatic heterocycles. The highest BCUT2D eigenvalue weighted by Gasteiger charge is 2.44. The summed E-state index contributed by atoms with van der Waals surface area (Å²) in [5.41, 5.74) is 0.998. The first-order valence-electron chi connectivity index (χ1n) is 9.58. The summed E-state index contributed by atoms with van der Waals surface area (Å²) in [5.74, 6) is 0.500. The molecule has 3 atom stereocenters. The fourth-order valence-corrected chi connectivity index (χ4v) is 3.92. The number of halogens is 1. The molecule has 2 saturated heterocycles. The molecule has 0 aliphatic carbocycles. The van der Waals surface area contributed by atoms with Gasteiger partial charge in [-0.25, -0.2) is 0 Å². The Balaban J connectivity index is 0.00000261. The van der Waals surface area contributed by atoms with Crippen LogP contribution in [0, 0.1) is 5.92 Å². The number of carbonyl (C=O) groups excluding carboxylic acids is 2. The van der Waals surface area contributed by atoms with Gasteiger partial charge in [0.05, 0.1) is 19.1 Å². The first kappa shape index (κ1) is 21.5. The van der Waals surface area contributed by atoms with Crippen LogP contribution in [0.4, 0.5) is 0 Å². The van der Waals surface area contributed by atoms with E-state index in [1.54, 1.807) is 7.11 Å². The zero-order valence-corrected chi connectivity index (χ0v) is 16.9. The molecule has 3 rings (SSSR count). The molecule has 0 spiro atoms. The van der Waals surface area contributed by atoms with Crippen molar-refractivity contribution < 1.29 is 14.3 Å². The van der Waals surface area contributed by atoms with E-state index >= 15 is 0 Å². The summed E-state index contributed by atoms with van der Waals surface area (Å²) in [6.45, 7) is 4.54. The monoisotopic (exact) mass is 395 g/mol. The fraction of sp³-hybridized carbons (Fsp3) is 0.600. The van der Waals surface area contributed by atoms with E-state index in [0.29, 0.717) is 6.54 Å². The molecule has 7 heteroatoms. The summed E-state index contributed by atoms with van der Waals surface area (Å²) >= 11 is 0. The molecule has 1 aromatic rings. The smallest absolute Gasteiger partial charge is 0.226 e. The molecule has 0 bridgehead atoms. The molecule has 2 N–H and O–H groups in total. The first-order chi connectivity index (χ1) is 12.6. The Labute approximate surface area is 167 Å². The third-order valence-corrected chi connectivity index (χ3v) is 5.39. The highest BCUT2D eigenvalue weighted by Crippen LogP contribution is 2.39. The molecule has 0 aromatic heterocycles. The van der Waals surface area contributed by atoms with Crippen LogP contribution in [0.25, 0.3) is 0 Å². The van der Waals surface area contributed by atoms with Gasteiger partial charge < -0.3 is 20.3 Å². The second-order valence-electron chi connectivity index (χ2n) is 7.17. The molecule has 0 saturated carbocycles. The molecular formula is C20H30ClN3O3. The lowest BCUT2D eigenvalue weighted by atomic mass is 9.92. The molecule has 2 aliphatic rings. The van der Waals surface area contributed by atoms with E-state index in [9.17, 15) is 9.59 Å². The van der Waals surface area contributed by atoms with Gasteiger partial charge in [0.15, 0.2) is 0 Å². The normalized spacial score (nSPS) is 24.6. The van der Waals surface area contributed by atoms with Crippen molar-refractivity contribution in [2.24, 2.45) is 5.92 Å². The molecule has 2 amide bonds. The van der Waals surface area contributed by atoms with Gasteiger partial charge >= 0.3 is 0 Å². The van der Waals surface area contributed by atoms with Gasteiger partial charge in [0.2, 0.25) is 11.8 Å². The van der Waals surface area contributed by atoms with Crippen LogP contribution in [0.2, 0.25) is 0 Å². The highest BCUT2D eigenvalue weighted by molar-refractivity contribution is 5.90. The van der Waals surface area contributed by atoms with Crippen LogP contribution >= 0.6 is 12.4 Å². The standard InChI is InChI=1S/C20H29N3O3.ClH/c1-3-4-11-23-18(24)12-17(20(25)22-15-9-10-21-13-15)19(23)14-5-7-16(26-2)8-6-14;/h5-8,15,17,19,21H,3-4,9-13H2,1-2H3,(H,22,25);1H. The van der Waals surface area contributed by atoms with Crippen LogP contribution in [0.1, 0.15) is 44.2 Å². The largest absolute Gasteiger partial charge is 0.497 e. The van der Waals surface area contributed by atoms with Gasteiger partial charge in [0.25, 0.3) is 0 Å². The van der Waals surface area contributed by atoms with Crippen molar-refractivity contribution in [3.05, 3.63) is 29.8 Å². The number of rotatable bonds is 7. The summed E-state index contributed by atoms with van der Waals surface area (Å²) in [7, 11) is 1.63. The number of benzene rings is 1. The minimum atomic E-state index is -0.339. The van der Waals surface area contributed by atoms with Crippen LogP contribution < -0.4 is 15.4 Å². The van der Waals surface area contributed by atoms with Crippen molar-refractivity contribution in [1.29, 1.82) is 0 Å². The zero-order valence-electron chi connectivity index (χ0n) is 16.1. The van der Waals surface area contributed by atoms with Gasteiger partial charge in [-0.3, -0.25) is 9.59 Å². The molecule has 2 fully saturated rings. The van der Waals surface area contributed by atoms with Gasteiger partial charge in [-0.05, 0) is 37.1 Å². The number of likely N-dealkylation sites (tertiary alicyclic amines) is 1. The molecule has 150 valence electrons. The van der Waals surface area contributed by atoms with E-state index < -0.39 is 0 Å². The minimum Gasteiger partial charge on any atom is -0.497 e. The van der Waals surface area contributed by atoms with Crippen molar-refractivity contribution in [3.63, 3.8) is 0 Å². The van der Waals surface area contributed by atoms with Gasteiger partial charge in [0, 0.05) is 25.6 Å². The Kier molecular flexibility index (Phi) is 7.92. The van der Waals surface area contributed by atoms with E-state index in [1.165, 1.54) is 0 Å². The number of ether oxygens (including phenoxy) is 1. The van der Waals surface area contributed by atoms with Gasteiger partial charge in [-0.1, -0.05) is 25.5 Å². The summed E-state index contributed by atoms with van der Waals surface area (Å²) in [6, 6.07) is 7.70. The second-order valence-corrected chi connectivity index (χ2v) is 7.17. The van der Waals surface area contributed by atoms with Crippen molar-refractivity contribution in [2.45, 2.75) is 44.7 Å². The lowest BCUT2D eigenvalue weighted by molar-refractivity contribution is -0.129. The summed E-state index contributed by atoms with van der Waals surface area (Å²) < 4.78 is 5.24. The van der Waals surface area contributed by atoms with Crippen LogP contribution in [0.5, 0.6) is 5.75 Å². The van der Waals surface area contributed by atoms with Crippen molar-refractivity contribution >= 4 is 24.2 Å².